The summed E-state index contributed by atoms with van der Waals surface area (Å²) in [6.45, 7) is 7.81. The second-order valence-corrected chi connectivity index (χ2v) is 5.14. The second-order valence-electron chi connectivity index (χ2n) is 5.14. The Morgan fingerprint density at radius 1 is 1.41 bits per heavy atom. The van der Waals surface area contributed by atoms with Crippen molar-refractivity contribution >= 4 is 0 Å². The van der Waals surface area contributed by atoms with Crippen molar-refractivity contribution in [3.05, 3.63) is 35.4 Å². The molecule has 1 aromatic rings. The quantitative estimate of drug-likeness (QED) is 0.834. The van der Waals surface area contributed by atoms with Gasteiger partial charge in [0.15, 0.2) is 0 Å². The van der Waals surface area contributed by atoms with Gasteiger partial charge in [0.2, 0.25) is 0 Å². The maximum atomic E-state index is 3.73. The van der Waals surface area contributed by atoms with Gasteiger partial charge in [-0.05, 0) is 36.6 Å². The van der Waals surface area contributed by atoms with E-state index in [0.717, 1.165) is 25.6 Å². The molecule has 17 heavy (non-hydrogen) atoms. The van der Waals surface area contributed by atoms with Crippen LogP contribution in [0, 0.1) is 5.92 Å². The molecule has 0 aliphatic carbocycles. The minimum atomic E-state index is 0.523. The Labute approximate surface area is 105 Å². The van der Waals surface area contributed by atoms with E-state index in [4.69, 9.17) is 0 Å². The van der Waals surface area contributed by atoms with Gasteiger partial charge in [-0.2, -0.15) is 0 Å². The summed E-state index contributed by atoms with van der Waals surface area (Å²) in [5, 5.41) is 7.22. The first-order valence-electron chi connectivity index (χ1n) is 6.83. The van der Waals surface area contributed by atoms with Crippen LogP contribution in [0.4, 0.5) is 0 Å². The molecule has 0 amide bonds. The lowest BCUT2D eigenvalue weighted by Gasteiger charge is -2.21. The van der Waals surface area contributed by atoms with Crippen molar-refractivity contribution in [3.63, 3.8) is 0 Å². The zero-order valence-corrected chi connectivity index (χ0v) is 11.0. The first kappa shape index (κ1) is 12.6. The molecule has 94 valence electrons. The predicted octanol–water partition coefficient (Wildman–Crippen LogP) is 2.86. The lowest BCUT2D eigenvalue weighted by molar-refractivity contribution is 0.429. The summed E-state index contributed by atoms with van der Waals surface area (Å²) in [6, 6.07) is 9.33. The summed E-state index contributed by atoms with van der Waals surface area (Å²) < 4.78 is 0. The summed E-state index contributed by atoms with van der Waals surface area (Å²) in [5.41, 5.74) is 2.94. The van der Waals surface area contributed by atoms with Crippen LogP contribution in [-0.4, -0.2) is 13.1 Å². The molecule has 0 saturated carbocycles. The molecule has 2 atom stereocenters. The van der Waals surface area contributed by atoms with E-state index >= 15 is 0 Å². The number of nitrogens with one attached hydrogen (secondary N) is 2. The maximum absolute atomic E-state index is 3.73. The Morgan fingerprint density at radius 3 is 3.06 bits per heavy atom. The highest BCUT2D eigenvalue weighted by molar-refractivity contribution is 5.30. The summed E-state index contributed by atoms with van der Waals surface area (Å²) in [5.74, 6) is 0.762. The smallest absolute Gasteiger partial charge is 0.0335 e. The van der Waals surface area contributed by atoms with Crippen LogP contribution in [0.1, 0.15) is 43.9 Å². The van der Waals surface area contributed by atoms with Gasteiger partial charge in [0.25, 0.3) is 0 Å². The Hall–Kier alpha value is -0.860. The fourth-order valence-corrected chi connectivity index (χ4v) is 2.36. The third kappa shape index (κ3) is 3.30. The average Bonchev–Trinajstić information content (AvgIpc) is 2.58. The molecule has 2 rings (SSSR count). The Balaban J connectivity index is 2.06. The van der Waals surface area contributed by atoms with Gasteiger partial charge in [0.05, 0.1) is 0 Å². The van der Waals surface area contributed by atoms with E-state index in [9.17, 15) is 0 Å². The number of hydrogen-bond donors (Lipinski definition) is 2. The molecule has 0 radical (unpaired) electrons. The topological polar surface area (TPSA) is 24.1 Å². The largest absolute Gasteiger partial charge is 0.313 e. The highest BCUT2D eigenvalue weighted by Crippen LogP contribution is 2.23. The van der Waals surface area contributed by atoms with Gasteiger partial charge in [-0.1, -0.05) is 44.5 Å². The highest BCUT2D eigenvalue weighted by Gasteiger charge is 2.17. The van der Waals surface area contributed by atoms with Gasteiger partial charge in [-0.15, -0.1) is 0 Å². The van der Waals surface area contributed by atoms with Crippen LogP contribution in [0.15, 0.2) is 24.3 Å². The normalized spacial score (nSPS) is 21.6. The molecule has 0 fully saturated rings. The van der Waals surface area contributed by atoms with Crippen LogP contribution >= 0.6 is 0 Å². The summed E-state index contributed by atoms with van der Waals surface area (Å²) in [6.07, 6.45) is 2.44. The Morgan fingerprint density at radius 2 is 2.24 bits per heavy atom. The molecule has 2 N–H and O–H groups in total. The molecule has 0 bridgehead atoms. The van der Waals surface area contributed by atoms with Crippen LogP contribution in [-0.2, 0) is 6.54 Å². The van der Waals surface area contributed by atoms with Gasteiger partial charge in [-0.3, -0.25) is 0 Å². The van der Waals surface area contributed by atoms with Crippen LogP contribution in [0.3, 0.4) is 0 Å². The van der Waals surface area contributed by atoms with Crippen LogP contribution in [0.5, 0.6) is 0 Å². The summed E-state index contributed by atoms with van der Waals surface area (Å²) in [7, 11) is 0. The molecule has 1 aliphatic rings. The Bertz CT molecular complexity index is 349. The van der Waals surface area contributed by atoms with E-state index in [0.29, 0.717) is 6.04 Å². The van der Waals surface area contributed by atoms with E-state index in [-0.39, 0.29) is 0 Å². The van der Waals surface area contributed by atoms with Gasteiger partial charge in [0.1, 0.15) is 0 Å². The van der Waals surface area contributed by atoms with E-state index in [1.807, 2.05) is 0 Å². The van der Waals surface area contributed by atoms with Crippen molar-refractivity contribution in [2.45, 2.75) is 39.3 Å². The van der Waals surface area contributed by atoms with Crippen molar-refractivity contribution < 1.29 is 0 Å². The van der Waals surface area contributed by atoms with Crippen molar-refractivity contribution in [1.29, 1.82) is 0 Å². The molecule has 2 heteroatoms. The average molecular weight is 232 g/mol. The van der Waals surface area contributed by atoms with E-state index in [1.165, 1.54) is 24.0 Å². The molecule has 1 aliphatic heterocycles. The molecule has 1 aromatic carbocycles. The molecule has 2 nitrogen and oxygen atoms in total. The first-order chi connectivity index (χ1) is 8.31. The van der Waals surface area contributed by atoms with E-state index in [2.05, 4.69) is 48.7 Å². The van der Waals surface area contributed by atoms with Gasteiger partial charge < -0.3 is 10.6 Å². The Kier molecular flexibility index (Phi) is 4.57. The first-order valence-corrected chi connectivity index (χ1v) is 6.83. The third-order valence-electron chi connectivity index (χ3n) is 3.77. The van der Waals surface area contributed by atoms with Crippen LogP contribution in [0.25, 0.3) is 0 Å². The van der Waals surface area contributed by atoms with E-state index in [1.54, 1.807) is 0 Å². The molecule has 0 spiro atoms. The van der Waals surface area contributed by atoms with Gasteiger partial charge in [-0.25, -0.2) is 0 Å². The molecule has 2 unspecified atom stereocenters. The standard InChI is InChI=1S/C15H24N2/c1-3-12(2)10-17-15-8-9-16-11-13-6-4-5-7-14(13)15/h4-7,12,15-17H,3,8-11H2,1-2H3. The minimum Gasteiger partial charge on any atom is -0.313 e. The van der Waals surface area contributed by atoms with Crippen LogP contribution < -0.4 is 10.6 Å². The highest BCUT2D eigenvalue weighted by atomic mass is 14.9. The zero-order chi connectivity index (χ0) is 12.1. The fraction of sp³-hybridized carbons (Fsp3) is 0.600. The molecular weight excluding hydrogens is 208 g/mol. The van der Waals surface area contributed by atoms with Crippen molar-refractivity contribution in [3.8, 4) is 0 Å². The number of rotatable bonds is 4. The van der Waals surface area contributed by atoms with Crippen LogP contribution in [0.2, 0.25) is 0 Å². The van der Waals surface area contributed by atoms with Crippen molar-refractivity contribution in [2.24, 2.45) is 5.92 Å². The zero-order valence-electron chi connectivity index (χ0n) is 11.0. The molecule has 1 heterocycles. The fourth-order valence-electron chi connectivity index (χ4n) is 2.36. The lowest BCUT2D eigenvalue weighted by atomic mass is 9.98. The second kappa shape index (κ2) is 6.18. The van der Waals surface area contributed by atoms with Gasteiger partial charge in [0, 0.05) is 12.6 Å². The summed E-state index contributed by atoms with van der Waals surface area (Å²) >= 11 is 0. The minimum absolute atomic E-state index is 0.523. The SMILES string of the molecule is CCC(C)CNC1CCNCc2ccccc21. The lowest BCUT2D eigenvalue weighted by Crippen LogP contribution is -2.27. The molecular formula is C15H24N2. The van der Waals surface area contributed by atoms with Crippen molar-refractivity contribution in [2.75, 3.05) is 13.1 Å². The third-order valence-corrected chi connectivity index (χ3v) is 3.77. The number of fused-ring (bicyclic) bond motifs is 1. The summed E-state index contributed by atoms with van der Waals surface area (Å²) in [4.78, 5) is 0. The molecule has 0 saturated heterocycles. The monoisotopic (exact) mass is 232 g/mol. The van der Waals surface area contributed by atoms with E-state index < -0.39 is 0 Å². The number of hydrogen-bond acceptors (Lipinski definition) is 2. The maximum Gasteiger partial charge on any atom is 0.0335 e. The van der Waals surface area contributed by atoms with Gasteiger partial charge >= 0.3 is 0 Å². The predicted molar refractivity (Wildman–Crippen MR) is 73.0 cm³/mol. The molecule has 0 aromatic heterocycles. The van der Waals surface area contributed by atoms with Crippen molar-refractivity contribution in [1.82, 2.24) is 10.6 Å². The number of benzene rings is 1.